The van der Waals surface area contributed by atoms with Crippen LogP contribution in [0.25, 0.3) is 0 Å². The van der Waals surface area contributed by atoms with E-state index >= 15 is 0 Å². The molecule has 1 amide bonds. The Kier molecular flexibility index (Phi) is 12.0. The number of hydrogen-bond donors (Lipinski definition) is 1. The van der Waals surface area contributed by atoms with Gasteiger partial charge in [0.05, 0.1) is 12.3 Å². The average molecular weight is 469 g/mol. The van der Waals surface area contributed by atoms with Crippen LogP contribution in [0.15, 0.2) is 24.3 Å². The van der Waals surface area contributed by atoms with Gasteiger partial charge in [-0.1, -0.05) is 0 Å². The van der Waals surface area contributed by atoms with Crippen LogP contribution in [0.3, 0.4) is 0 Å². The van der Waals surface area contributed by atoms with Crippen LogP contribution >= 0.6 is 0 Å². The number of sulfonamides is 1. The standard InChI is InChI=1S/C16H21N2O4S.C2H3O.Y/c1-12(19)14(11-13-7-4-3-5-8-13)17-16(20)15-9-6-10-18(15)23(2,21)22;1-2-3;/h4-5,7-8,14-15H,6,9-11H2,1-2H3,(H,17,20);1H3;/q2*-1;/t14-,15?;;/m0../s1. The van der Waals surface area contributed by atoms with Gasteiger partial charge in [-0.3, -0.25) is 15.9 Å². The SMILES string of the molecule is CC(=O)[C@H](Cc1cc[c-]cc1)NC(=O)C1CCCN1S(C)(=O)=O.C[C-]=O.[Y]. The van der Waals surface area contributed by atoms with Crippen molar-refractivity contribution in [1.82, 2.24) is 9.62 Å². The van der Waals surface area contributed by atoms with Gasteiger partial charge < -0.3 is 10.1 Å². The number of Topliss-reactive ketones (excluding diaryl/α,β-unsaturated/α-hetero) is 1. The van der Waals surface area contributed by atoms with E-state index < -0.39 is 28.0 Å². The Balaban J connectivity index is 0.00000158. The van der Waals surface area contributed by atoms with Gasteiger partial charge in [0, 0.05) is 39.3 Å². The Labute approximate surface area is 186 Å². The predicted octanol–water partition coefficient (Wildman–Crippen LogP) is 0.641. The van der Waals surface area contributed by atoms with Crippen molar-refractivity contribution in [2.45, 2.75) is 45.2 Å². The normalized spacial score (nSPS) is 17.7. The van der Waals surface area contributed by atoms with Gasteiger partial charge in [0.2, 0.25) is 15.9 Å². The van der Waals surface area contributed by atoms with Crippen LogP contribution in [0.1, 0.15) is 32.3 Å². The van der Waals surface area contributed by atoms with Crippen LogP contribution in [0.4, 0.5) is 0 Å². The molecule has 0 spiro atoms. The van der Waals surface area contributed by atoms with E-state index in [4.69, 9.17) is 4.79 Å². The first-order chi connectivity index (χ1) is 12.2. The summed E-state index contributed by atoms with van der Waals surface area (Å²) in [6.45, 7) is 3.08. The summed E-state index contributed by atoms with van der Waals surface area (Å²) in [6, 6.07) is 8.67. The molecule has 0 saturated carbocycles. The van der Waals surface area contributed by atoms with Gasteiger partial charge in [-0.2, -0.15) is 47.1 Å². The third-order valence-corrected chi connectivity index (χ3v) is 5.26. The molecule has 2 atom stereocenters. The molecule has 7 nitrogen and oxygen atoms in total. The smallest absolute Gasteiger partial charge is 0.239 e. The summed E-state index contributed by atoms with van der Waals surface area (Å²) in [5, 5.41) is 2.70. The van der Waals surface area contributed by atoms with E-state index in [0.29, 0.717) is 25.8 Å². The summed E-state index contributed by atoms with van der Waals surface area (Å²) in [7, 11) is -3.43. The van der Waals surface area contributed by atoms with Crippen molar-refractivity contribution < 1.29 is 55.5 Å². The van der Waals surface area contributed by atoms with Gasteiger partial charge in [-0.25, -0.2) is 8.42 Å². The first-order valence-electron chi connectivity index (χ1n) is 8.22. The van der Waals surface area contributed by atoms with Gasteiger partial charge >= 0.3 is 0 Å². The third-order valence-electron chi connectivity index (χ3n) is 3.97. The Hall–Kier alpha value is -0.956. The fraction of sp³-hybridized carbons (Fsp3) is 0.500. The Bertz CT molecular complexity index is 725. The number of amides is 1. The zero-order valence-electron chi connectivity index (χ0n) is 15.8. The van der Waals surface area contributed by atoms with Crippen LogP contribution in [0, 0.1) is 6.07 Å². The van der Waals surface area contributed by atoms with E-state index in [9.17, 15) is 18.0 Å². The van der Waals surface area contributed by atoms with E-state index in [-0.39, 0.29) is 38.5 Å². The molecule has 1 aromatic carbocycles. The third kappa shape index (κ3) is 8.72. The molecule has 0 aliphatic carbocycles. The Morgan fingerprint density at radius 3 is 2.41 bits per heavy atom. The van der Waals surface area contributed by atoms with Crippen molar-refractivity contribution in [3.8, 4) is 0 Å². The molecule has 1 radical (unpaired) electrons. The molecule has 1 N–H and O–H groups in total. The van der Waals surface area contributed by atoms with Crippen LogP contribution in [0.5, 0.6) is 0 Å². The molecule has 9 heteroatoms. The molecule has 27 heavy (non-hydrogen) atoms. The maximum absolute atomic E-state index is 12.4. The quantitative estimate of drug-likeness (QED) is 0.617. The zero-order chi connectivity index (χ0) is 19.7. The molecule has 1 aliphatic heterocycles. The van der Waals surface area contributed by atoms with Crippen LogP contribution < -0.4 is 5.32 Å². The van der Waals surface area contributed by atoms with Gasteiger partial charge in [0.15, 0.2) is 5.78 Å². The average Bonchev–Trinajstić information content (AvgIpc) is 3.06. The monoisotopic (exact) mass is 469 g/mol. The molecule has 147 valence electrons. The van der Waals surface area contributed by atoms with E-state index in [1.54, 1.807) is 12.1 Å². The van der Waals surface area contributed by atoms with E-state index in [0.717, 1.165) is 11.8 Å². The zero-order valence-corrected chi connectivity index (χ0v) is 19.4. The number of carbonyl (C=O) groups excluding carboxylic acids is 3. The topological polar surface area (TPSA) is 101 Å². The van der Waals surface area contributed by atoms with Crippen molar-refractivity contribution in [2.24, 2.45) is 0 Å². The molecular formula is C18H24N2O5SY-2. The Morgan fingerprint density at radius 1 is 1.37 bits per heavy atom. The molecule has 0 aromatic heterocycles. The molecule has 1 aromatic rings. The molecule has 1 saturated heterocycles. The second kappa shape index (κ2) is 12.5. The minimum absolute atomic E-state index is 0. The van der Waals surface area contributed by atoms with Crippen LogP contribution in [-0.2, 0) is 63.5 Å². The summed E-state index contributed by atoms with van der Waals surface area (Å²) < 4.78 is 24.7. The second-order valence-electron chi connectivity index (χ2n) is 6.02. The summed E-state index contributed by atoms with van der Waals surface area (Å²) >= 11 is 0. The molecule has 1 unspecified atom stereocenters. The molecule has 1 fully saturated rings. The van der Waals surface area contributed by atoms with Gasteiger partial charge in [0.1, 0.15) is 6.04 Å². The maximum atomic E-state index is 12.4. The minimum Gasteiger partial charge on any atom is -0.542 e. The van der Waals surface area contributed by atoms with E-state index in [1.807, 2.05) is 12.1 Å². The molecule has 1 aliphatic rings. The van der Waals surface area contributed by atoms with Crippen molar-refractivity contribution >= 4 is 28.0 Å². The fourth-order valence-electron chi connectivity index (χ4n) is 2.76. The molecule has 0 bridgehead atoms. The van der Waals surface area contributed by atoms with Crippen molar-refractivity contribution in [3.05, 3.63) is 35.9 Å². The molecule has 2 rings (SSSR count). The van der Waals surface area contributed by atoms with Crippen molar-refractivity contribution in [3.63, 3.8) is 0 Å². The molecule has 1 heterocycles. The summed E-state index contributed by atoms with van der Waals surface area (Å²) in [5.41, 5.74) is 0.913. The van der Waals surface area contributed by atoms with Crippen LogP contribution in [-0.4, -0.2) is 55.6 Å². The van der Waals surface area contributed by atoms with E-state index in [1.165, 1.54) is 24.4 Å². The Morgan fingerprint density at radius 2 is 1.93 bits per heavy atom. The van der Waals surface area contributed by atoms with Crippen molar-refractivity contribution in [2.75, 3.05) is 12.8 Å². The van der Waals surface area contributed by atoms with Gasteiger partial charge in [-0.15, -0.1) is 0 Å². The first-order valence-corrected chi connectivity index (χ1v) is 10.1. The van der Waals surface area contributed by atoms with Gasteiger partial charge in [0.25, 0.3) is 0 Å². The predicted molar refractivity (Wildman–Crippen MR) is 97.5 cm³/mol. The largest absolute Gasteiger partial charge is 0.542 e. The maximum Gasteiger partial charge on any atom is 0.239 e. The number of benzene rings is 1. The number of hydrogen-bond acceptors (Lipinski definition) is 5. The second-order valence-corrected chi connectivity index (χ2v) is 7.96. The first kappa shape index (κ1) is 26.0. The number of ketones is 1. The summed E-state index contributed by atoms with van der Waals surface area (Å²) in [5.74, 6) is -0.564. The summed E-state index contributed by atoms with van der Waals surface area (Å²) in [4.78, 5) is 32.9. The van der Waals surface area contributed by atoms with E-state index in [2.05, 4.69) is 11.4 Å². The number of carbonyl (C=O) groups is 2. The number of rotatable bonds is 6. The number of nitrogens with zero attached hydrogens (tertiary/aromatic N) is 1. The minimum atomic E-state index is -3.43. The molecular weight excluding hydrogens is 445 g/mol. The number of nitrogens with one attached hydrogen (secondary N) is 1. The summed E-state index contributed by atoms with van der Waals surface area (Å²) in [6.07, 6.45) is 4.09. The fourth-order valence-corrected chi connectivity index (χ4v) is 3.88. The van der Waals surface area contributed by atoms with Crippen LogP contribution in [0.2, 0.25) is 0 Å². The van der Waals surface area contributed by atoms with Crippen molar-refractivity contribution in [1.29, 1.82) is 0 Å². The van der Waals surface area contributed by atoms with Gasteiger partial charge in [-0.05, 0) is 26.2 Å².